The van der Waals surface area contributed by atoms with E-state index >= 15 is 0 Å². The van der Waals surface area contributed by atoms with Crippen molar-refractivity contribution in [2.45, 2.75) is 12.8 Å². The molecule has 0 N–H and O–H groups in total. The Hall–Kier alpha value is 1.00. The summed E-state index contributed by atoms with van der Waals surface area (Å²) in [5.41, 5.74) is 0. The first-order chi connectivity index (χ1) is 4.06. The molecule has 0 amide bonds. The Morgan fingerprint density at radius 1 is 1.50 bits per heavy atom. The van der Waals surface area contributed by atoms with Gasteiger partial charge in [0, 0.05) is 5.75 Å². The quantitative estimate of drug-likeness (QED) is 0.210. The van der Waals surface area contributed by atoms with Crippen LogP contribution in [0.15, 0.2) is 0 Å². The van der Waals surface area contributed by atoms with E-state index in [2.05, 4.69) is 12.2 Å². The number of rotatable bonds is 4. The Kier molecular flexibility index (Phi) is 9.09. The molecule has 54 valence electrons. The average Bonchev–Trinajstić information content (AvgIpc) is 1.63. The maximum atomic E-state index is 9.90. The molecule has 0 aliphatic carbocycles. The smallest absolute Gasteiger partial charge is 0.748 e. The number of hydrogen-bond donors (Lipinski definition) is 0. The largest absolute Gasteiger partial charge is 1.00 e. The monoisotopic (exact) mass is 190 g/mol. The molecule has 0 bridgehead atoms. The number of unbranched alkanes of at least 4 members (excludes halogenated alkanes) is 1. The Labute approximate surface area is 88.2 Å². The zero-order valence-electron chi connectivity index (χ0n) is 5.74. The van der Waals surface area contributed by atoms with Crippen molar-refractivity contribution < 1.29 is 42.5 Å². The van der Waals surface area contributed by atoms with Gasteiger partial charge in [-0.25, -0.2) is 8.42 Å². The normalized spacial score (nSPS) is 10.1. The zero-order valence-corrected chi connectivity index (χ0v) is 9.37. The zero-order chi connectivity index (χ0) is 7.33. The van der Waals surface area contributed by atoms with Gasteiger partial charge in [-0.3, -0.25) is 0 Å². The van der Waals surface area contributed by atoms with E-state index in [0.717, 1.165) is 0 Å². The van der Waals surface area contributed by atoms with E-state index in [1.807, 2.05) is 0 Å². The molecule has 0 aromatic rings. The third kappa shape index (κ3) is 11.8. The van der Waals surface area contributed by atoms with E-state index in [9.17, 15) is 13.0 Å². The molecule has 0 saturated heterocycles. The molecule has 0 radical (unpaired) electrons. The summed E-state index contributed by atoms with van der Waals surface area (Å²) in [4.78, 5) is 0. The fourth-order valence-electron chi connectivity index (χ4n) is 0.343. The van der Waals surface area contributed by atoms with Gasteiger partial charge in [0.1, 0.15) is 0 Å². The second-order valence-corrected chi connectivity index (χ2v) is 3.43. The number of thiocarbonyl (C=S) groups is 1. The fourth-order valence-corrected chi connectivity index (χ4v) is 1.03. The van der Waals surface area contributed by atoms with Gasteiger partial charge >= 0.3 is 29.6 Å². The summed E-state index contributed by atoms with van der Waals surface area (Å²) in [7, 11) is -4.01. The molecule has 6 heteroatoms. The van der Waals surface area contributed by atoms with Gasteiger partial charge in [-0.15, -0.1) is 0 Å². The molecule has 10 heavy (non-hydrogen) atoms. The van der Waals surface area contributed by atoms with Crippen LogP contribution in [0.2, 0.25) is 0 Å². The predicted molar refractivity (Wildman–Crippen MR) is 37.5 cm³/mol. The molecule has 0 aromatic carbocycles. The van der Waals surface area contributed by atoms with Crippen LogP contribution in [0, 0.1) is 0 Å². The Morgan fingerprint density at radius 3 is 2.30 bits per heavy atom. The molecule has 0 saturated carbocycles. The first-order valence-corrected chi connectivity index (χ1v) is 4.48. The average molecular weight is 190 g/mol. The maximum absolute atomic E-state index is 9.90. The van der Waals surface area contributed by atoms with Crippen LogP contribution in [0.25, 0.3) is 0 Å². The summed E-state index contributed by atoms with van der Waals surface area (Å²) >= 11 is 4.42. The van der Waals surface area contributed by atoms with Gasteiger partial charge < -0.3 is 4.55 Å². The summed E-state index contributed by atoms with van der Waals surface area (Å²) in [6.45, 7) is 0. The predicted octanol–water partition coefficient (Wildman–Crippen LogP) is -2.68. The van der Waals surface area contributed by atoms with Crippen molar-refractivity contribution in [2.75, 3.05) is 5.75 Å². The number of hydrogen-bond acceptors (Lipinski definition) is 4. The van der Waals surface area contributed by atoms with Crippen LogP contribution in [0.5, 0.6) is 0 Å². The first-order valence-electron chi connectivity index (χ1n) is 2.43. The van der Waals surface area contributed by atoms with Crippen LogP contribution in [0.3, 0.4) is 0 Å². The Bertz CT molecular complexity index is 175. The molecule has 0 fully saturated rings. The molecule has 3 nitrogen and oxygen atoms in total. The van der Waals surface area contributed by atoms with Crippen molar-refractivity contribution >= 4 is 27.7 Å². The molecule has 0 spiro atoms. The van der Waals surface area contributed by atoms with Gasteiger partial charge in [0.25, 0.3) is 0 Å². The maximum Gasteiger partial charge on any atom is 1.00 e. The van der Waals surface area contributed by atoms with Crippen molar-refractivity contribution in [1.82, 2.24) is 0 Å². The van der Waals surface area contributed by atoms with Gasteiger partial charge in [-0.05, 0) is 18.2 Å². The summed E-state index contributed by atoms with van der Waals surface area (Å²) in [5.74, 6) is -0.305. The van der Waals surface area contributed by atoms with E-state index in [0.29, 0.717) is 12.8 Å². The van der Waals surface area contributed by atoms with Crippen molar-refractivity contribution in [3.8, 4) is 0 Å². The third-order valence-corrected chi connectivity index (χ3v) is 1.74. The van der Waals surface area contributed by atoms with E-state index in [-0.39, 0.29) is 35.3 Å². The Balaban J connectivity index is 0. The summed E-state index contributed by atoms with van der Waals surface area (Å²) in [6.07, 6.45) is 0.853. The van der Waals surface area contributed by atoms with Crippen LogP contribution < -0.4 is 29.6 Å². The standard InChI is InChI=1S/C4H8O3S2.Na/c5-9(6,7)4-2-1-3-8;/h3H,1-2,4H2,(H,5,6,7);/q;+1/p-1. The molecule has 0 aliphatic heterocycles. The van der Waals surface area contributed by atoms with Crippen molar-refractivity contribution in [1.29, 1.82) is 0 Å². The molecule has 0 unspecified atom stereocenters. The third-order valence-electron chi connectivity index (χ3n) is 0.716. The molecular weight excluding hydrogens is 183 g/mol. The van der Waals surface area contributed by atoms with Gasteiger partial charge in [-0.2, -0.15) is 0 Å². The van der Waals surface area contributed by atoms with Crippen LogP contribution in [0.4, 0.5) is 0 Å². The SMILES string of the molecule is O=S(=O)([O-])CCCC=S.[Na+]. The van der Waals surface area contributed by atoms with Crippen LogP contribution >= 0.6 is 12.2 Å². The molecule has 0 aromatic heterocycles. The van der Waals surface area contributed by atoms with Crippen LogP contribution in [-0.2, 0) is 10.1 Å². The van der Waals surface area contributed by atoms with E-state index in [1.54, 1.807) is 0 Å². The van der Waals surface area contributed by atoms with Gasteiger partial charge in [-0.1, -0.05) is 12.2 Å². The van der Waals surface area contributed by atoms with E-state index < -0.39 is 10.1 Å². The minimum absolute atomic E-state index is 0. The van der Waals surface area contributed by atoms with Gasteiger partial charge in [0.2, 0.25) is 0 Å². The minimum Gasteiger partial charge on any atom is -0.748 e. The molecular formula is C4H7NaO3S2. The minimum atomic E-state index is -4.01. The summed E-state index contributed by atoms with van der Waals surface area (Å²) in [5, 5.41) is 1.42. The van der Waals surface area contributed by atoms with Crippen LogP contribution in [0.1, 0.15) is 12.8 Å². The second-order valence-electron chi connectivity index (χ2n) is 1.57. The van der Waals surface area contributed by atoms with E-state index in [1.165, 1.54) is 5.37 Å². The molecule has 0 rings (SSSR count). The van der Waals surface area contributed by atoms with Crippen LogP contribution in [-0.4, -0.2) is 24.1 Å². The van der Waals surface area contributed by atoms with Crippen molar-refractivity contribution in [2.24, 2.45) is 0 Å². The molecule has 0 atom stereocenters. The van der Waals surface area contributed by atoms with Crippen molar-refractivity contribution in [3.63, 3.8) is 0 Å². The van der Waals surface area contributed by atoms with Gasteiger partial charge in [0.05, 0.1) is 10.1 Å². The van der Waals surface area contributed by atoms with E-state index in [4.69, 9.17) is 0 Å². The Morgan fingerprint density at radius 2 is 2.00 bits per heavy atom. The molecule has 0 aliphatic rings. The first kappa shape index (κ1) is 13.6. The summed E-state index contributed by atoms with van der Waals surface area (Å²) in [6, 6.07) is 0. The topological polar surface area (TPSA) is 57.2 Å². The fraction of sp³-hybridized carbons (Fsp3) is 0.750. The molecule has 0 heterocycles. The second kappa shape index (κ2) is 6.69. The van der Waals surface area contributed by atoms with Gasteiger partial charge in [0.15, 0.2) is 0 Å². The van der Waals surface area contributed by atoms with Crippen molar-refractivity contribution in [3.05, 3.63) is 0 Å². The summed E-state index contributed by atoms with van der Waals surface area (Å²) < 4.78 is 29.7.